The van der Waals surface area contributed by atoms with Gasteiger partial charge in [-0.15, -0.1) is 0 Å². The minimum Gasteiger partial charge on any atom is -0.480 e. The van der Waals surface area contributed by atoms with Crippen LogP contribution >= 0.6 is 0 Å². The van der Waals surface area contributed by atoms with Crippen molar-refractivity contribution in [3.05, 3.63) is 71.8 Å². The first-order chi connectivity index (χ1) is 33.3. The molecule has 3 rings (SSSR count). The van der Waals surface area contributed by atoms with E-state index < -0.39 is 79.1 Å². The highest BCUT2D eigenvalue weighted by Gasteiger charge is 2.38. The Hall–Kier alpha value is -5.55. The highest BCUT2D eigenvalue weighted by atomic mass is 16.5. The van der Waals surface area contributed by atoms with Crippen molar-refractivity contribution in [3.63, 3.8) is 0 Å². The van der Waals surface area contributed by atoms with Crippen LogP contribution in [0, 0.1) is 17.8 Å². The third kappa shape index (κ3) is 21.6. The van der Waals surface area contributed by atoms with E-state index in [1.165, 1.54) is 4.90 Å². The SMILES string of the molecule is COC(C)(C)CCCCCCC[C@@H](C)C(=O)N(C)[C@@H](CC(C)C)C(=O)N[C@H](C(=O)N[C@@H](CNC(=O)OCc1ccccc1)C(=O)N[C@H](C(=O)NCC(=O)O)[C@H](C)OCc1ccccc1)C1CCCCC1. The van der Waals surface area contributed by atoms with Gasteiger partial charge in [0.1, 0.15) is 37.3 Å². The van der Waals surface area contributed by atoms with Gasteiger partial charge in [-0.2, -0.15) is 0 Å². The smallest absolute Gasteiger partial charge is 0.407 e. The number of nitrogens with one attached hydrogen (secondary N) is 5. The van der Waals surface area contributed by atoms with Gasteiger partial charge in [-0.25, -0.2) is 4.79 Å². The van der Waals surface area contributed by atoms with E-state index in [0.29, 0.717) is 31.2 Å². The van der Waals surface area contributed by atoms with Crippen LogP contribution in [0.5, 0.6) is 0 Å². The van der Waals surface area contributed by atoms with E-state index in [-0.39, 0.29) is 42.5 Å². The number of alkyl carbamates (subject to hydrolysis) is 1. The summed E-state index contributed by atoms with van der Waals surface area (Å²) in [7, 11) is 3.36. The predicted molar refractivity (Wildman–Crippen MR) is 267 cm³/mol. The highest BCUT2D eigenvalue weighted by Crippen LogP contribution is 2.28. The molecule has 0 saturated heterocycles. The first kappa shape index (κ1) is 58.8. The molecule has 6 atom stereocenters. The number of amides is 6. The van der Waals surface area contributed by atoms with Gasteiger partial charge in [0.15, 0.2) is 0 Å². The molecule has 0 bridgehead atoms. The van der Waals surface area contributed by atoms with Crippen LogP contribution in [0.4, 0.5) is 4.79 Å². The summed E-state index contributed by atoms with van der Waals surface area (Å²) in [6, 6.07) is 13.1. The Bertz CT molecular complexity index is 1930. The highest BCUT2D eigenvalue weighted by molar-refractivity contribution is 5.96. The number of aliphatic carboxylic acids is 1. The molecule has 2 aromatic rings. The summed E-state index contributed by atoms with van der Waals surface area (Å²) >= 11 is 0. The summed E-state index contributed by atoms with van der Waals surface area (Å²) < 4.78 is 16.9. The second-order valence-electron chi connectivity index (χ2n) is 19.8. The molecule has 0 heterocycles. The Morgan fingerprint density at radius 1 is 0.729 bits per heavy atom. The van der Waals surface area contributed by atoms with Crippen molar-refractivity contribution in [2.24, 2.45) is 17.8 Å². The molecule has 0 aromatic heterocycles. The first-order valence-electron chi connectivity index (χ1n) is 25.1. The zero-order valence-electron chi connectivity index (χ0n) is 42.9. The topological polar surface area (TPSA) is 231 Å². The number of ether oxygens (including phenoxy) is 3. The number of carboxylic acids is 1. The molecule has 390 valence electrons. The monoisotopic (exact) mass is 979 g/mol. The molecule has 17 nitrogen and oxygen atoms in total. The molecule has 1 saturated carbocycles. The van der Waals surface area contributed by atoms with Crippen molar-refractivity contribution in [2.45, 2.75) is 174 Å². The Morgan fingerprint density at radius 2 is 1.33 bits per heavy atom. The normalized spacial score (nSPS) is 15.6. The fourth-order valence-corrected chi connectivity index (χ4v) is 8.51. The van der Waals surface area contributed by atoms with Crippen molar-refractivity contribution in [2.75, 3.05) is 27.2 Å². The second-order valence-corrected chi connectivity index (χ2v) is 19.8. The van der Waals surface area contributed by atoms with Crippen LogP contribution in [-0.2, 0) is 56.2 Å². The number of likely N-dealkylation sites (N-methyl/N-ethyl adjacent to an activating group) is 1. The average molecular weight is 979 g/mol. The molecule has 1 fully saturated rings. The van der Waals surface area contributed by atoms with Crippen LogP contribution in [0.25, 0.3) is 0 Å². The van der Waals surface area contributed by atoms with E-state index in [2.05, 4.69) is 40.4 Å². The van der Waals surface area contributed by atoms with E-state index in [1.54, 1.807) is 45.3 Å². The number of hydrogen-bond donors (Lipinski definition) is 6. The van der Waals surface area contributed by atoms with Crippen LogP contribution in [0.1, 0.15) is 136 Å². The number of hydrogen-bond acceptors (Lipinski definition) is 10. The van der Waals surface area contributed by atoms with E-state index >= 15 is 0 Å². The maximum atomic E-state index is 14.7. The summed E-state index contributed by atoms with van der Waals surface area (Å²) in [6.45, 7) is 10.3. The Kier molecular flexibility index (Phi) is 26.0. The van der Waals surface area contributed by atoms with E-state index in [9.17, 15) is 38.7 Å². The second kappa shape index (κ2) is 30.9. The van der Waals surface area contributed by atoms with E-state index in [1.807, 2.05) is 57.2 Å². The van der Waals surface area contributed by atoms with Gasteiger partial charge >= 0.3 is 12.1 Å². The quantitative estimate of drug-likeness (QED) is 0.0452. The minimum absolute atomic E-state index is 0.0202. The fourth-order valence-electron chi connectivity index (χ4n) is 8.51. The number of nitrogens with zero attached hydrogens (tertiary/aromatic N) is 1. The maximum Gasteiger partial charge on any atom is 0.407 e. The number of benzene rings is 2. The van der Waals surface area contributed by atoms with Crippen molar-refractivity contribution >= 4 is 41.6 Å². The molecule has 0 unspecified atom stereocenters. The number of unbranched alkanes of at least 4 members (excludes halogenated alkanes) is 4. The lowest BCUT2D eigenvalue weighted by Crippen LogP contribution is -2.63. The molecule has 0 radical (unpaired) electrons. The Balaban J connectivity index is 1.85. The first-order valence-corrected chi connectivity index (χ1v) is 25.1. The van der Waals surface area contributed by atoms with Crippen LogP contribution in [0.15, 0.2) is 60.7 Å². The number of rotatable bonds is 31. The molecule has 1 aliphatic carbocycles. The number of methoxy groups -OCH3 is 1. The van der Waals surface area contributed by atoms with Gasteiger partial charge < -0.3 is 50.8 Å². The molecule has 17 heteroatoms. The van der Waals surface area contributed by atoms with Crippen LogP contribution < -0.4 is 26.6 Å². The van der Waals surface area contributed by atoms with Crippen molar-refractivity contribution in [3.8, 4) is 0 Å². The molecule has 2 aromatic carbocycles. The standard InChI is InChI=1S/C53H82N6O11/c1-36(2)31-43(59(7)51(66)37(3)23-15-10-9-11-22-30-53(5,6)68-8)48(63)58-46(41-28-20-14-21-29-41)50(65)56-42(32-55-52(67)70-35-40-26-18-13-19-27-40)47(62)57-45(49(64)54-33-44(60)61)38(4)69-34-39-24-16-12-17-25-39/h12-13,16-19,24-27,36-38,41-43,45-46H,9-11,14-15,20-23,28-35H2,1-8H3,(H,54,64)(H,55,67)(H,56,65)(H,57,62)(H,58,63)(H,60,61)/t37-,38+,42+,43+,45+,46+/m1/s1. The zero-order valence-corrected chi connectivity index (χ0v) is 42.9. The Morgan fingerprint density at radius 3 is 1.93 bits per heavy atom. The van der Waals surface area contributed by atoms with Crippen molar-refractivity contribution < 1.29 is 52.9 Å². The van der Waals surface area contributed by atoms with Gasteiger partial charge in [-0.3, -0.25) is 28.8 Å². The van der Waals surface area contributed by atoms with Gasteiger partial charge in [-0.05, 0) is 75.8 Å². The third-order valence-electron chi connectivity index (χ3n) is 13.0. The van der Waals surface area contributed by atoms with Gasteiger partial charge in [0, 0.05) is 20.1 Å². The van der Waals surface area contributed by atoms with Gasteiger partial charge in [0.05, 0.1) is 24.9 Å². The van der Waals surface area contributed by atoms with Gasteiger partial charge in [0.2, 0.25) is 29.5 Å². The summed E-state index contributed by atoms with van der Waals surface area (Å²) in [6.07, 6.45) is 8.99. The molecule has 6 amide bonds. The summed E-state index contributed by atoms with van der Waals surface area (Å²) in [4.78, 5) is 96.9. The molecule has 1 aliphatic rings. The van der Waals surface area contributed by atoms with E-state index in [0.717, 1.165) is 63.4 Å². The number of carbonyl (C=O) groups is 7. The Labute approximate surface area is 415 Å². The van der Waals surface area contributed by atoms with E-state index in [4.69, 9.17) is 14.2 Å². The third-order valence-corrected chi connectivity index (χ3v) is 13.0. The van der Waals surface area contributed by atoms with Crippen LogP contribution in [-0.4, -0.2) is 115 Å². The lowest BCUT2D eigenvalue weighted by molar-refractivity contribution is -0.143. The molecule has 70 heavy (non-hydrogen) atoms. The maximum absolute atomic E-state index is 14.7. The summed E-state index contributed by atoms with van der Waals surface area (Å²) in [5.74, 6) is -5.04. The average Bonchev–Trinajstić information content (AvgIpc) is 3.35. The van der Waals surface area contributed by atoms with Crippen molar-refractivity contribution in [1.82, 2.24) is 31.5 Å². The molecular weight excluding hydrogens is 897 g/mol. The molecular formula is C53H82N6O11. The summed E-state index contributed by atoms with van der Waals surface area (Å²) in [5, 5.41) is 22.5. The lowest BCUT2D eigenvalue weighted by Gasteiger charge is -2.35. The largest absolute Gasteiger partial charge is 0.480 e. The zero-order chi connectivity index (χ0) is 51.6. The molecule has 6 N–H and O–H groups in total. The summed E-state index contributed by atoms with van der Waals surface area (Å²) in [5.41, 5.74) is 1.36. The van der Waals surface area contributed by atoms with Crippen molar-refractivity contribution in [1.29, 1.82) is 0 Å². The van der Waals surface area contributed by atoms with Gasteiger partial charge in [0.25, 0.3) is 0 Å². The predicted octanol–water partition coefficient (Wildman–Crippen LogP) is 6.42. The van der Waals surface area contributed by atoms with Crippen LogP contribution in [0.2, 0.25) is 0 Å². The molecule has 0 spiro atoms. The number of carboxylic acid groups (broad SMARTS) is 1. The number of carbonyl (C=O) groups excluding carboxylic acids is 6. The molecule has 0 aliphatic heterocycles. The van der Waals surface area contributed by atoms with Gasteiger partial charge in [-0.1, -0.05) is 133 Å². The lowest BCUT2D eigenvalue weighted by atomic mass is 9.83. The fraction of sp³-hybridized carbons (Fsp3) is 0.642. The minimum atomic E-state index is -1.52. The van der Waals surface area contributed by atoms with Crippen LogP contribution in [0.3, 0.4) is 0 Å².